The fraction of sp³-hybridized carbons (Fsp3) is 0.833. The van der Waals surface area contributed by atoms with Crippen molar-refractivity contribution >= 4 is 17.7 Å². The number of carboxylic acid groups (broad SMARTS) is 1. The molecule has 0 aliphatic carbocycles. The third-order valence-corrected chi connectivity index (χ3v) is 2.29. The van der Waals surface area contributed by atoms with Crippen LogP contribution in [-0.2, 0) is 4.79 Å². The van der Waals surface area contributed by atoms with Gasteiger partial charge in [0.1, 0.15) is 0 Å². The minimum absolute atomic E-state index is 0.299. The molecular weight excluding hydrogens is 150 g/mol. The van der Waals surface area contributed by atoms with Gasteiger partial charge in [-0.1, -0.05) is 0 Å². The van der Waals surface area contributed by atoms with Crippen molar-refractivity contribution in [3.05, 3.63) is 0 Å². The second-order valence-corrected chi connectivity index (χ2v) is 3.44. The Balaban J connectivity index is 3.21. The maximum atomic E-state index is 10.2. The van der Waals surface area contributed by atoms with Gasteiger partial charge in [0.2, 0.25) is 0 Å². The molecule has 0 aromatic carbocycles. The number of nitrogens with two attached hydrogens (primary N) is 1. The van der Waals surface area contributed by atoms with Gasteiger partial charge in [0.05, 0.1) is 5.25 Å². The lowest BCUT2D eigenvalue weighted by Crippen LogP contribution is -2.12. The van der Waals surface area contributed by atoms with Crippen molar-refractivity contribution in [2.45, 2.75) is 18.6 Å². The molecule has 0 aliphatic rings. The molecule has 0 bridgehead atoms. The van der Waals surface area contributed by atoms with E-state index in [9.17, 15) is 4.79 Å². The first kappa shape index (κ1) is 9.78. The summed E-state index contributed by atoms with van der Waals surface area (Å²) in [5.41, 5.74) is 5.23. The number of thioether (sulfide) groups is 1. The lowest BCUT2D eigenvalue weighted by molar-refractivity contribution is -0.136. The summed E-state index contributed by atoms with van der Waals surface area (Å²) in [7, 11) is 0. The van der Waals surface area contributed by atoms with Crippen molar-refractivity contribution in [1.29, 1.82) is 0 Å². The van der Waals surface area contributed by atoms with Gasteiger partial charge >= 0.3 is 5.97 Å². The molecule has 0 saturated heterocycles. The molecule has 0 aromatic heterocycles. The Bertz CT molecular complexity index is 108. The van der Waals surface area contributed by atoms with Gasteiger partial charge < -0.3 is 10.8 Å². The van der Waals surface area contributed by atoms with E-state index in [1.807, 2.05) is 0 Å². The van der Waals surface area contributed by atoms with E-state index in [-0.39, 0.29) is 5.25 Å². The summed E-state index contributed by atoms with van der Waals surface area (Å²) in [5, 5.41) is 8.13. The summed E-state index contributed by atoms with van der Waals surface area (Å²) in [4.78, 5) is 10.2. The summed E-state index contributed by atoms with van der Waals surface area (Å²) in [6.45, 7) is 2.32. The number of rotatable bonds is 5. The topological polar surface area (TPSA) is 63.3 Å². The van der Waals surface area contributed by atoms with Crippen molar-refractivity contribution in [2.24, 2.45) is 5.73 Å². The quantitative estimate of drug-likeness (QED) is 0.581. The van der Waals surface area contributed by atoms with E-state index in [0.29, 0.717) is 6.54 Å². The van der Waals surface area contributed by atoms with Crippen LogP contribution >= 0.6 is 11.8 Å². The Labute approximate surface area is 65.0 Å². The van der Waals surface area contributed by atoms with Crippen LogP contribution in [0.5, 0.6) is 0 Å². The second-order valence-electron chi connectivity index (χ2n) is 1.99. The van der Waals surface area contributed by atoms with Crippen molar-refractivity contribution in [2.75, 3.05) is 12.3 Å². The SMILES string of the molecule is CC(SCCCN)C(=O)O. The van der Waals surface area contributed by atoms with Gasteiger partial charge in [0.15, 0.2) is 0 Å². The molecule has 0 spiro atoms. The molecule has 1 atom stereocenters. The maximum absolute atomic E-state index is 10.2. The highest BCUT2D eigenvalue weighted by molar-refractivity contribution is 8.00. The van der Waals surface area contributed by atoms with Crippen LogP contribution in [0, 0.1) is 0 Å². The van der Waals surface area contributed by atoms with E-state index < -0.39 is 5.97 Å². The highest BCUT2D eigenvalue weighted by Crippen LogP contribution is 2.10. The van der Waals surface area contributed by atoms with E-state index >= 15 is 0 Å². The van der Waals surface area contributed by atoms with Gasteiger partial charge in [0, 0.05) is 0 Å². The number of hydrogen-bond donors (Lipinski definition) is 2. The van der Waals surface area contributed by atoms with Crippen LogP contribution < -0.4 is 5.73 Å². The molecule has 0 heterocycles. The van der Waals surface area contributed by atoms with Crippen LogP contribution in [0.15, 0.2) is 0 Å². The van der Waals surface area contributed by atoms with Crippen LogP contribution in [0.4, 0.5) is 0 Å². The maximum Gasteiger partial charge on any atom is 0.316 e. The highest BCUT2D eigenvalue weighted by Gasteiger charge is 2.09. The van der Waals surface area contributed by atoms with Gasteiger partial charge in [-0.2, -0.15) is 0 Å². The molecule has 3 N–H and O–H groups in total. The molecule has 1 unspecified atom stereocenters. The van der Waals surface area contributed by atoms with Gasteiger partial charge in [0.25, 0.3) is 0 Å². The zero-order valence-electron chi connectivity index (χ0n) is 6.04. The third-order valence-electron chi connectivity index (χ3n) is 1.06. The average molecular weight is 163 g/mol. The molecule has 4 heteroatoms. The fourth-order valence-corrected chi connectivity index (χ4v) is 1.24. The molecule has 10 heavy (non-hydrogen) atoms. The molecule has 60 valence electrons. The van der Waals surface area contributed by atoms with Gasteiger partial charge in [-0.05, 0) is 25.6 Å². The molecule has 0 radical (unpaired) electrons. The van der Waals surface area contributed by atoms with Crippen LogP contribution in [0.1, 0.15) is 13.3 Å². The largest absolute Gasteiger partial charge is 0.480 e. The van der Waals surface area contributed by atoms with Crippen molar-refractivity contribution in [3.8, 4) is 0 Å². The monoisotopic (exact) mass is 163 g/mol. The number of carboxylic acids is 1. The first-order valence-electron chi connectivity index (χ1n) is 3.23. The van der Waals surface area contributed by atoms with E-state index in [4.69, 9.17) is 10.8 Å². The summed E-state index contributed by atoms with van der Waals surface area (Å²) >= 11 is 1.43. The van der Waals surface area contributed by atoms with Crippen molar-refractivity contribution in [3.63, 3.8) is 0 Å². The molecule has 0 rings (SSSR count). The zero-order valence-corrected chi connectivity index (χ0v) is 6.86. The molecule has 0 aliphatic heterocycles. The van der Waals surface area contributed by atoms with Crippen LogP contribution in [-0.4, -0.2) is 28.6 Å². The summed E-state index contributed by atoms with van der Waals surface area (Å²) in [6, 6.07) is 0. The lowest BCUT2D eigenvalue weighted by Gasteiger charge is -2.03. The minimum Gasteiger partial charge on any atom is -0.480 e. The van der Waals surface area contributed by atoms with Gasteiger partial charge in [-0.25, -0.2) is 0 Å². The Morgan fingerprint density at radius 1 is 1.80 bits per heavy atom. The van der Waals surface area contributed by atoms with Crippen molar-refractivity contribution in [1.82, 2.24) is 0 Å². The van der Waals surface area contributed by atoms with Gasteiger partial charge in [-0.15, -0.1) is 11.8 Å². The van der Waals surface area contributed by atoms with E-state index in [0.717, 1.165) is 12.2 Å². The minimum atomic E-state index is -0.748. The van der Waals surface area contributed by atoms with Crippen LogP contribution in [0.3, 0.4) is 0 Å². The number of aliphatic carboxylic acids is 1. The Kier molecular flexibility index (Phi) is 5.43. The third kappa shape index (κ3) is 4.64. The average Bonchev–Trinajstić information content (AvgIpc) is 1.88. The number of carbonyl (C=O) groups is 1. The Hall–Kier alpha value is -0.220. The molecule has 0 saturated carbocycles. The highest BCUT2D eigenvalue weighted by atomic mass is 32.2. The molecule has 0 amide bonds. The van der Waals surface area contributed by atoms with Crippen LogP contribution in [0.25, 0.3) is 0 Å². The second kappa shape index (κ2) is 5.56. The normalized spacial score (nSPS) is 13.0. The van der Waals surface area contributed by atoms with E-state index in [1.54, 1.807) is 6.92 Å². The summed E-state index contributed by atoms with van der Waals surface area (Å²) < 4.78 is 0. The fourth-order valence-electron chi connectivity index (χ4n) is 0.415. The predicted molar refractivity (Wildman–Crippen MR) is 43.2 cm³/mol. The summed E-state index contributed by atoms with van der Waals surface area (Å²) in [5.74, 6) is 0.0891. The molecule has 0 fully saturated rings. The smallest absolute Gasteiger partial charge is 0.316 e. The number of hydrogen-bond acceptors (Lipinski definition) is 3. The predicted octanol–water partition coefficient (Wildman–Crippen LogP) is 0.542. The van der Waals surface area contributed by atoms with Gasteiger partial charge in [-0.3, -0.25) is 4.79 Å². The summed E-state index contributed by atoms with van der Waals surface area (Å²) in [6.07, 6.45) is 0.891. The first-order chi connectivity index (χ1) is 4.68. The van der Waals surface area contributed by atoms with E-state index in [1.165, 1.54) is 11.8 Å². The first-order valence-corrected chi connectivity index (χ1v) is 4.28. The lowest BCUT2D eigenvalue weighted by atomic mass is 10.5. The zero-order chi connectivity index (χ0) is 7.98. The Morgan fingerprint density at radius 3 is 2.80 bits per heavy atom. The van der Waals surface area contributed by atoms with Crippen LogP contribution in [0.2, 0.25) is 0 Å². The molecular formula is C6H13NO2S. The Morgan fingerprint density at radius 2 is 2.40 bits per heavy atom. The van der Waals surface area contributed by atoms with Crippen molar-refractivity contribution < 1.29 is 9.90 Å². The molecule has 0 aromatic rings. The standard InChI is InChI=1S/C6H13NO2S/c1-5(6(8)9)10-4-2-3-7/h5H,2-4,7H2,1H3,(H,8,9). The van der Waals surface area contributed by atoms with E-state index in [2.05, 4.69) is 0 Å². The molecule has 3 nitrogen and oxygen atoms in total.